The summed E-state index contributed by atoms with van der Waals surface area (Å²) in [7, 11) is 0. The van der Waals surface area contributed by atoms with E-state index in [9.17, 15) is 4.79 Å². The number of carbonyl (C=O) groups is 1. The topological polar surface area (TPSA) is 41.5 Å². The standard InChI is InChI=1S/C19H16Cl2N2OS/c20-16-8-2-13(12-17(16)21)3-9-18(24)14-4-6-15(7-5-14)23-19-22-10-1-11-25-19/h2-9,12H,1,10-11H2,(H,22,23)/b9-3+. The third-order valence-corrected chi connectivity index (χ3v) is 5.32. The normalized spacial score (nSPS) is 14.4. The Hall–Kier alpha value is -1.75. The number of rotatable bonds is 4. The van der Waals surface area contributed by atoms with Crippen LogP contribution in [0.2, 0.25) is 10.0 Å². The van der Waals surface area contributed by atoms with Gasteiger partial charge in [0.2, 0.25) is 0 Å². The number of nitrogens with one attached hydrogen (secondary N) is 1. The van der Waals surface area contributed by atoms with Gasteiger partial charge in [0.1, 0.15) is 0 Å². The lowest BCUT2D eigenvalue weighted by Gasteiger charge is -2.13. The van der Waals surface area contributed by atoms with Crippen LogP contribution in [-0.2, 0) is 0 Å². The second-order valence-corrected chi connectivity index (χ2v) is 7.36. The molecule has 0 amide bonds. The first-order valence-corrected chi connectivity index (χ1v) is 9.58. The zero-order chi connectivity index (χ0) is 17.6. The number of hydrogen-bond donors (Lipinski definition) is 1. The molecule has 0 aliphatic carbocycles. The van der Waals surface area contributed by atoms with Gasteiger partial charge in [0.05, 0.1) is 10.0 Å². The molecule has 1 aliphatic rings. The van der Waals surface area contributed by atoms with Gasteiger partial charge < -0.3 is 5.32 Å². The highest BCUT2D eigenvalue weighted by Gasteiger charge is 2.07. The maximum atomic E-state index is 12.3. The number of ketones is 1. The fourth-order valence-corrected chi connectivity index (χ4v) is 3.41. The minimum absolute atomic E-state index is 0.0676. The molecule has 6 heteroatoms. The minimum Gasteiger partial charge on any atom is -0.335 e. The van der Waals surface area contributed by atoms with Gasteiger partial charge in [0, 0.05) is 23.5 Å². The van der Waals surface area contributed by atoms with Crippen molar-refractivity contribution in [2.24, 2.45) is 4.99 Å². The summed E-state index contributed by atoms with van der Waals surface area (Å²) in [5, 5.41) is 5.17. The van der Waals surface area contributed by atoms with Gasteiger partial charge >= 0.3 is 0 Å². The zero-order valence-corrected chi connectivity index (χ0v) is 15.7. The van der Waals surface area contributed by atoms with Gasteiger partial charge in [-0.3, -0.25) is 9.79 Å². The smallest absolute Gasteiger partial charge is 0.185 e. The number of allylic oxidation sites excluding steroid dienone is 1. The van der Waals surface area contributed by atoms with Gasteiger partial charge in [0.15, 0.2) is 11.0 Å². The van der Waals surface area contributed by atoms with Crippen molar-refractivity contribution in [2.75, 3.05) is 17.6 Å². The van der Waals surface area contributed by atoms with Crippen molar-refractivity contribution in [1.29, 1.82) is 0 Å². The van der Waals surface area contributed by atoms with Crippen molar-refractivity contribution in [1.82, 2.24) is 0 Å². The molecule has 25 heavy (non-hydrogen) atoms. The summed E-state index contributed by atoms with van der Waals surface area (Å²) in [6.45, 7) is 0.866. The molecule has 0 atom stereocenters. The van der Waals surface area contributed by atoms with Crippen LogP contribution in [0.1, 0.15) is 22.3 Å². The molecule has 1 N–H and O–H groups in total. The van der Waals surface area contributed by atoms with Crippen molar-refractivity contribution < 1.29 is 4.79 Å². The molecule has 3 rings (SSSR count). The quantitative estimate of drug-likeness (QED) is 0.530. The summed E-state index contributed by atoms with van der Waals surface area (Å²) >= 11 is 13.6. The highest BCUT2D eigenvalue weighted by atomic mass is 35.5. The van der Waals surface area contributed by atoms with E-state index in [1.165, 1.54) is 6.08 Å². The van der Waals surface area contributed by atoms with E-state index in [0.29, 0.717) is 15.6 Å². The van der Waals surface area contributed by atoms with E-state index >= 15 is 0 Å². The SMILES string of the molecule is O=C(/C=C/c1ccc(Cl)c(Cl)c1)c1ccc(NC2=NCCCS2)cc1. The van der Waals surface area contributed by atoms with Crippen LogP contribution in [-0.4, -0.2) is 23.2 Å². The van der Waals surface area contributed by atoms with Crippen LogP contribution in [0.3, 0.4) is 0 Å². The van der Waals surface area contributed by atoms with E-state index in [1.807, 2.05) is 18.2 Å². The van der Waals surface area contributed by atoms with Crippen molar-refractivity contribution in [3.8, 4) is 0 Å². The Morgan fingerprint density at radius 2 is 1.92 bits per heavy atom. The van der Waals surface area contributed by atoms with Gasteiger partial charge in [-0.25, -0.2) is 0 Å². The molecule has 1 heterocycles. The molecule has 0 radical (unpaired) electrons. The summed E-state index contributed by atoms with van der Waals surface area (Å²) in [5.41, 5.74) is 2.38. The molecule has 0 unspecified atom stereocenters. The molecule has 1 aliphatic heterocycles. The second kappa shape index (κ2) is 8.56. The number of carbonyl (C=O) groups excluding carboxylic acids is 1. The highest BCUT2D eigenvalue weighted by molar-refractivity contribution is 8.14. The Kier molecular flexibility index (Phi) is 6.19. The van der Waals surface area contributed by atoms with Crippen LogP contribution < -0.4 is 5.32 Å². The lowest BCUT2D eigenvalue weighted by molar-refractivity contribution is 0.104. The maximum Gasteiger partial charge on any atom is 0.185 e. The van der Waals surface area contributed by atoms with Gasteiger partial charge in [-0.05, 0) is 54.5 Å². The average Bonchev–Trinajstić information content (AvgIpc) is 2.64. The van der Waals surface area contributed by atoms with Crippen molar-refractivity contribution in [3.05, 3.63) is 69.7 Å². The molecule has 0 bridgehead atoms. The molecule has 0 saturated heterocycles. The monoisotopic (exact) mass is 390 g/mol. The summed E-state index contributed by atoms with van der Waals surface area (Å²) in [6, 6.07) is 12.6. The third-order valence-electron chi connectivity index (χ3n) is 3.59. The largest absolute Gasteiger partial charge is 0.335 e. The van der Waals surface area contributed by atoms with E-state index in [2.05, 4.69) is 10.3 Å². The van der Waals surface area contributed by atoms with Gasteiger partial charge in [0.25, 0.3) is 0 Å². The van der Waals surface area contributed by atoms with E-state index in [1.54, 1.807) is 42.1 Å². The second-order valence-electron chi connectivity index (χ2n) is 5.46. The number of benzene rings is 2. The summed E-state index contributed by atoms with van der Waals surface area (Å²) in [6.07, 6.45) is 4.38. The van der Waals surface area contributed by atoms with Gasteiger partial charge in [-0.15, -0.1) is 0 Å². The average molecular weight is 391 g/mol. The number of thioether (sulfide) groups is 1. The van der Waals surface area contributed by atoms with E-state index in [4.69, 9.17) is 23.2 Å². The third kappa shape index (κ3) is 5.11. The molecule has 2 aromatic carbocycles. The van der Waals surface area contributed by atoms with Crippen molar-refractivity contribution >= 4 is 57.7 Å². The number of hydrogen-bond acceptors (Lipinski definition) is 4. The molecule has 0 aromatic heterocycles. The fraction of sp³-hybridized carbons (Fsp3) is 0.158. The first-order chi connectivity index (χ1) is 12.1. The van der Waals surface area contributed by atoms with Gasteiger partial charge in [-0.1, -0.05) is 47.1 Å². The predicted molar refractivity (Wildman–Crippen MR) is 109 cm³/mol. The van der Waals surface area contributed by atoms with E-state index < -0.39 is 0 Å². The minimum atomic E-state index is -0.0676. The van der Waals surface area contributed by atoms with Crippen LogP contribution in [0.15, 0.2) is 53.5 Å². The molecule has 0 spiro atoms. The first kappa shape index (κ1) is 18.1. The Balaban J connectivity index is 1.64. The Morgan fingerprint density at radius 3 is 2.60 bits per heavy atom. The predicted octanol–water partition coefficient (Wildman–Crippen LogP) is 5.79. The van der Waals surface area contributed by atoms with E-state index in [0.717, 1.165) is 35.1 Å². The number of aliphatic imine (C=N–C) groups is 1. The maximum absolute atomic E-state index is 12.3. The highest BCUT2D eigenvalue weighted by Crippen LogP contribution is 2.23. The van der Waals surface area contributed by atoms with Crippen LogP contribution in [0, 0.1) is 0 Å². The first-order valence-electron chi connectivity index (χ1n) is 7.83. The molecule has 128 valence electrons. The lowest BCUT2D eigenvalue weighted by atomic mass is 10.1. The molecule has 0 saturated carbocycles. The molecule has 3 nitrogen and oxygen atoms in total. The van der Waals surface area contributed by atoms with Crippen molar-refractivity contribution in [2.45, 2.75) is 6.42 Å². The van der Waals surface area contributed by atoms with Gasteiger partial charge in [-0.2, -0.15) is 0 Å². The molecular formula is C19H16Cl2N2OS. The van der Waals surface area contributed by atoms with Crippen LogP contribution in [0.5, 0.6) is 0 Å². The number of anilines is 1. The van der Waals surface area contributed by atoms with E-state index in [-0.39, 0.29) is 5.78 Å². The Labute approximate surface area is 161 Å². The van der Waals surface area contributed by atoms with Crippen LogP contribution in [0.4, 0.5) is 5.69 Å². The zero-order valence-electron chi connectivity index (χ0n) is 13.3. The number of nitrogens with zero attached hydrogens (tertiary/aromatic N) is 1. The lowest BCUT2D eigenvalue weighted by Crippen LogP contribution is -2.13. The molecular weight excluding hydrogens is 375 g/mol. The summed E-state index contributed by atoms with van der Waals surface area (Å²) in [5.74, 6) is 1.02. The number of amidine groups is 1. The molecule has 0 fully saturated rings. The Bertz CT molecular complexity index is 832. The Morgan fingerprint density at radius 1 is 1.12 bits per heavy atom. The summed E-state index contributed by atoms with van der Waals surface area (Å²) in [4.78, 5) is 16.7. The summed E-state index contributed by atoms with van der Waals surface area (Å²) < 4.78 is 0. The fourth-order valence-electron chi connectivity index (χ4n) is 2.26. The van der Waals surface area contributed by atoms with Crippen LogP contribution >= 0.6 is 35.0 Å². The number of halogens is 2. The molecule has 2 aromatic rings. The van der Waals surface area contributed by atoms with Crippen LogP contribution in [0.25, 0.3) is 6.08 Å². The van der Waals surface area contributed by atoms with Crippen molar-refractivity contribution in [3.63, 3.8) is 0 Å².